The molecule has 1 aliphatic heterocycles. The van der Waals surface area contributed by atoms with E-state index >= 15 is 0 Å². The van der Waals surface area contributed by atoms with E-state index in [1.54, 1.807) is 81.4 Å². The van der Waals surface area contributed by atoms with Crippen LogP contribution >= 0.6 is 0 Å². The van der Waals surface area contributed by atoms with Gasteiger partial charge in [0.2, 0.25) is 5.91 Å². The summed E-state index contributed by atoms with van der Waals surface area (Å²) in [5.41, 5.74) is 2.33. The van der Waals surface area contributed by atoms with Crippen molar-refractivity contribution in [1.82, 2.24) is 14.8 Å². The Hall–Kier alpha value is -4.64. The Bertz CT molecular complexity index is 1810. The molecule has 1 fully saturated rings. The Kier molecular flexibility index (Phi) is 9.52. The van der Waals surface area contributed by atoms with E-state index in [0.717, 1.165) is 11.3 Å². The van der Waals surface area contributed by atoms with Gasteiger partial charge >= 0.3 is 16.2 Å². The van der Waals surface area contributed by atoms with Gasteiger partial charge in [-0.3, -0.25) is 14.7 Å². The number of aromatic nitrogens is 1. The molecule has 0 radical (unpaired) electrons. The minimum atomic E-state index is -4.14. The first-order chi connectivity index (χ1) is 21.8. The number of carbonyl (C=O) groups is 2. The van der Waals surface area contributed by atoms with E-state index in [4.69, 9.17) is 8.92 Å². The maximum Gasteiger partial charge on any atom is 0.410 e. The number of likely N-dealkylation sites (N-methyl/N-ethyl adjacent to an activating group) is 1. The summed E-state index contributed by atoms with van der Waals surface area (Å²) in [6, 6.07) is 20.4. The molecule has 2 amide bonds. The molecule has 0 unspecified atom stereocenters. The summed E-state index contributed by atoms with van der Waals surface area (Å²) in [5, 5.41) is 1.20. The Morgan fingerprint density at radius 2 is 1.63 bits per heavy atom. The fourth-order valence-electron chi connectivity index (χ4n) is 5.53. The summed E-state index contributed by atoms with van der Waals surface area (Å²) in [4.78, 5) is 36.6. The number of rotatable bonds is 8. The number of carbonyl (C=O) groups excluding carboxylic acids is 2. The molecule has 0 bridgehead atoms. The Labute approximate surface area is 270 Å². The van der Waals surface area contributed by atoms with E-state index in [0.29, 0.717) is 37.0 Å². The number of piperazine rings is 1. The third kappa shape index (κ3) is 7.59. The van der Waals surface area contributed by atoms with Crippen molar-refractivity contribution < 1.29 is 26.9 Å². The first-order valence-electron chi connectivity index (χ1n) is 15.2. The van der Waals surface area contributed by atoms with Crippen LogP contribution in [0.1, 0.15) is 31.9 Å². The van der Waals surface area contributed by atoms with Crippen molar-refractivity contribution in [3.63, 3.8) is 0 Å². The second kappa shape index (κ2) is 13.4. The molecule has 242 valence electrons. The van der Waals surface area contributed by atoms with Gasteiger partial charge in [-0.15, -0.1) is 0 Å². The summed E-state index contributed by atoms with van der Waals surface area (Å²) in [6.45, 7) is 9.79. The Morgan fingerprint density at radius 3 is 2.30 bits per heavy atom. The lowest BCUT2D eigenvalue weighted by Crippen LogP contribution is -2.56. The van der Waals surface area contributed by atoms with Gasteiger partial charge in [-0.2, -0.15) is 8.42 Å². The Balaban J connectivity index is 1.32. The molecular weight excluding hydrogens is 604 g/mol. The molecule has 0 aliphatic carbocycles. The lowest BCUT2D eigenvalue weighted by atomic mass is 10.0. The highest BCUT2D eigenvalue weighted by Crippen LogP contribution is 2.27. The molecule has 0 N–H and O–H groups in total. The van der Waals surface area contributed by atoms with Gasteiger partial charge in [0.05, 0.1) is 0 Å². The van der Waals surface area contributed by atoms with Crippen LogP contribution in [0.3, 0.4) is 0 Å². The van der Waals surface area contributed by atoms with Crippen molar-refractivity contribution in [3.8, 4) is 5.75 Å². The predicted molar refractivity (Wildman–Crippen MR) is 177 cm³/mol. The number of hydrogen-bond donors (Lipinski definition) is 0. The SMILES string of the molecule is Cc1ccccc1N1CCN(C(=O)[C@H](Cc2ccc(OS(=O)(=O)c3cccc4cnccc34)cc2)N(C)C(=O)OC(C)(C)C)CC1. The maximum atomic E-state index is 14.0. The van der Waals surface area contributed by atoms with Crippen LogP contribution < -0.4 is 9.08 Å². The molecule has 10 nitrogen and oxygen atoms in total. The second-order valence-corrected chi connectivity index (χ2v) is 14.0. The monoisotopic (exact) mass is 644 g/mol. The molecule has 0 spiro atoms. The standard InChI is InChI=1S/C35H40N4O6S/c1-25-9-6-7-11-30(25)38-19-21-39(22-20-38)33(40)31(37(5)34(41)44-35(2,3)4)23-26-13-15-28(16-14-26)45-46(42,43)32-12-8-10-27-24-36-18-17-29(27)32/h6-18,24,31H,19-23H2,1-5H3/t31-/m0/s1. The highest BCUT2D eigenvalue weighted by molar-refractivity contribution is 7.87. The summed E-state index contributed by atoms with van der Waals surface area (Å²) in [6.07, 6.45) is 2.74. The Morgan fingerprint density at radius 1 is 0.935 bits per heavy atom. The molecule has 11 heteroatoms. The number of pyridine rings is 1. The van der Waals surface area contributed by atoms with Gasteiger partial charge in [-0.25, -0.2) is 4.79 Å². The molecule has 5 rings (SSSR count). The summed E-state index contributed by atoms with van der Waals surface area (Å²) < 4.78 is 37.5. The first kappa shape index (κ1) is 32.7. The number of para-hydroxylation sites is 1. The maximum absolute atomic E-state index is 14.0. The molecule has 46 heavy (non-hydrogen) atoms. The lowest BCUT2D eigenvalue weighted by Gasteiger charge is -2.39. The van der Waals surface area contributed by atoms with E-state index in [2.05, 4.69) is 28.9 Å². The van der Waals surface area contributed by atoms with Crippen LogP contribution in [0.25, 0.3) is 10.8 Å². The van der Waals surface area contributed by atoms with E-state index in [1.165, 1.54) is 22.7 Å². The highest BCUT2D eigenvalue weighted by Gasteiger charge is 2.35. The summed E-state index contributed by atoms with van der Waals surface area (Å²) >= 11 is 0. The van der Waals surface area contributed by atoms with Gasteiger partial charge in [0.25, 0.3) is 0 Å². The lowest BCUT2D eigenvalue weighted by molar-refractivity contribution is -0.136. The van der Waals surface area contributed by atoms with Crippen LogP contribution in [-0.4, -0.2) is 80.1 Å². The average Bonchev–Trinajstić information content (AvgIpc) is 3.03. The van der Waals surface area contributed by atoms with Gasteiger partial charge in [0.15, 0.2) is 0 Å². The number of anilines is 1. The van der Waals surface area contributed by atoms with Gasteiger partial charge in [0, 0.05) is 68.5 Å². The number of fused-ring (bicyclic) bond motifs is 1. The van der Waals surface area contributed by atoms with Crippen LogP contribution in [0.4, 0.5) is 10.5 Å². The number of nitrogens with zero attached hydrogens (tertiary/aromatic N) is 4. The quantitative estimate of drug-likeness (QED) is 0.234. The van der Waals surface area contributed by atoms with Crippen molar-refractivity contribution in [2.45, 2.75) is 50.7 Å². The molecule has 3 aromatic carbocycles. The second-order valence-electron chi connectivity index (χ2n) is 12.4. The molecule has 1 saturated heterocycles. The summed E-state index contributed by atoms with van der Waals surface area (Å²) in [5.74, 6) is -0.0448. The van der Waals surface area contributed by atoms with Crippen LogP contribution in [0.15, 0.2) is 90.1 Å². The van der Waals surface area contributed by atoms with E-state index < -0.39 is 27.9 Å². The van der Waals surface area contributed by atoms with Crippen LogP contribution in [0.5, 0.6) is 5.75 Å². The minimum Gasteiger partial charge on any atom is -0.444 e. The fourth-order valence-corrected chi connectivity index (χ4v) is 6.69. The van der Waals surface area contributed by atoms with Crippen molar-refractivity contribution in [2.24, 2.45) is 0 Å². The van der Waals surface area contributed by atoms with Crippen molar-refractivity contribution in [3.05, 3.63) is 96.3 Å². The molecule has 1 aromatic heterocycles. The number of benzene rings is 3. The average molecular weight is 645 g/mol. The fraction of sp³-hybridized carbons (Fsp3) is 0.343. The zero-order valence-electron chi connectivity index (χ0n) is 26.8. The largest absolute Gasteiger partial charge is 0.444 e. The normalized spacial score (nSPS) is 14.5. The topological polar surface area (TPSA) is 109 Å². The minimum absolute atomic E-state index is 0.0450. The predicted octanol–water partition coefficient (Wildman–Crippen LogP) is 5.44. The first-order valence-corrected chi connectivity index (χ1v) is 16.6. The van der Waals surface area contributed by atoms with E-state index in [-0.39, 0.29) is 23.0 Å². The molecule has 1 aliphatic rings. The zero-order chi connectivity index (χ0) is 33.1. The van der Waals surface area contributed by atoms with Gasteiger partial charge in [-0.1, -0.05) is 42.5 Å². The number of ether oxygens (including phenoxy) is 1. The molecule has 4 aromatic rings. The van der Waals surface area contributed by atoms with Crippen molar-refractivity contribution >= 4 is 38.6 Å². The molecule has 1 atom stereocenters. The molecular formula is C35H40N4O6S. The van der Waals surface area contributed by atoms with Crippen LogP contribution in [-0.2, 0) is 26.1 Å². The van der Waals surface area contributed by atoms with E-state index in [1.807, 2.05) is 12.1 Å². The molecule has 0 saturated carbocycles. The highest BCUT2D eigenvalue weighted by atomic mass is 32.2. The summed E-state index contributed by atoms with van der Waals surface area (Å²) in [7, 11) is -2.56. The van der Waals surface area contributed by atoms with E-state index in [9.17, 15) is 18.0 Å². The molecule has 2 heterocycles. The van der Waals surface area contributed by atoms with Gasteiger partial charge in [-0.05, 0) is 69.2 Å². The van der Waals surface area contributed by atoms with Crippen molar-refractivity contribution in [2.75, 3.05) is 38.1 Å². The van der Waals surface area contributed by atoms with Gasteiger partial charge in [0.1, 0.15) is 22.3 Å². The van der Waals surface area contributed by atoms with Crippen LogP contribution in [0.2, 0.25) is 0 Å². The third-order valence-corrected chi connectivity index (χ3v) is 9.26. The number of aryl methyl sites for hydroxylation is 1. The zero-order valence-corrected chi connectivity index (χ0v) is 27.7. The van der Waals surface area contributed by atoms with Gasteiger partial charge < -0.3 is 18.7 Å². The third-order valence-electron chi connectivity index (χ3n) is 7.95. The van der Waals surface area contributed by atoms with Crippen LogP contribution in [0, 0.1) is 6.92 Å². The number of amides is 2. The smallest absolute Gasteiger partial charge is 0.410 e. The van der Waals surface area contributed by atoms with Crippen molar-refractivity contribution in [1.29, 1.82) is 0 Å². The number of hydrogen-bond acceptors (Lipinski definition) is 8.